The highest BCUT2D eigenvalue weighted by atomic mass is 32.2. The first-order chi connectivity index (χ1) is 16.6. The van der Waals surface area contributed by atoms with E-state index in [1.54, 1.807) is 6.92 Å². The van der Waals surface area contributed by atoms with E-state index in [1.807, 2.05) is 0 Å². The van der Waals surface area contributed by atoms with Gasteiger partial charge in [0, 0.05) is 18.3 Å². The van der Waals surface area contributed by atoms with Crippen molar-refractivity contribution >= 4 is 21.7 Å². The van der Waals surface area contributed by atoms with Crippen LogP contribution in [0.25, 0.3) is 0 Å². The zero-order valence-corrected chi connectivity index (χ0v) is 19.3. The monoisotopic (exact) mass is 506 g/mol. The largest absolute Gasteiger partial charge is 0.466 e. The van der Waals surface area contributed by atoms with Crippen molar-refractivity contribution in [3.05, 3.63) is 95.1 Å². The highest BCUT2D eigenvalue weighted by Gasteiger charge is 2.34. The lowest BCUT2D eigenvalue weighted by atomic mass is 10.0. The second kappa shape index (κ2) is 11.1. The number of hydrogen-bond acceptors (Lipinski definition) is 6. The first-order valence-electron chi connectivity index (χ1n) is 10.5. The van der Waals surface area contributed by atoms with E-state index in [0.29, 0.717) is 0 Å². The minimum atomic E-state index is -4.39. The van der Waals surface area contributed by atoms with Gasteiger partial charge in [0.25, 0.3) is 5.91 Å². The van der Waals surface area contributed by atoms with Gasteiger partial charge in [-0.1, -0.05) is 6.07 Å². The Balaban J connectivity index is 1.94. The molecule has 2 aromatic carbocycles. The molecule has 0 spiro atoms. The average molecular weight is 507 g/mol. The summed E-state index contributed by atoms with van der Waals surface area (Å²) in [6.07, 6.45) is 1.02. The molecule has 3 rings (SSSR count). The van der Waals surface area contributed by atoms with E-state index in [4.69, 9.17) is 4.74 Å². The number of benzene rings is 2. The van der Waals surface area contributed by atoms with Crippen LogP contribution in [0.5, 0.6) is 0 Å². The molecule has 0 aliphatic heterocycles. The van der Waals surface area contributed by atoms with Crippen molar-refractivity contribution < 1.29 is 35.9 Å². The van der Waals surface area contributed by atoms with Crippen LogP contribution in [0.2, 0.25) is 0 Å². The van der Waals surface area contributed by atoms with Crippen molar-refractivity contribution in [2.75, 3.05) is 13.2 Å². The molecule has 3 aromatic rings. The molecule has 184 valence electrons. The lowest BCUT2D eigenvalue weighted by molar-refractivity contribution is -0.142. The number of amides is 1. The molecule has 1 N–H and O–H groups in total. The van der Waals surface area contributed by atoms with Gasteiger partial charge < -0.3 is 10.1 Å². The highest BCUT2D eigenvalue weighted by Crippen LogP contribution is 2.36. The van der Waals surface area contributed by atoms with Crippen molar-refractivity contribution in [1.82, 2.24) is 10.3 Å². The van der Waals surface area contributed by atoms with Gasteiger partial charge >= 0.3 is 5.97 Å². The summed E-state index contributed by atoms with van der Waals surface area (Å²) in [6, 6.07) is 8.81. The van der Waals surface area contributed by atoms with Crippen LogP contribution in [-0.4, -0.2) is 38.4 Å². The molecule has 0 saturated heterocycles. The maximum Gasteiger partial charge on any atom is 0.307 e. The first-order valence-corrected chi connectivity index (χ1v) is 12.0. The third-order valence-corrected chi connectivity index (χ3v) is 7.01. The molecule has 0 aliphatic rings. The molecule has 0 aliphatic carbocycles. The van der Waals surface area contributed by atoms with Crippen LogP contribution >= 0.6 is 0 Å². The van der Waals surface area contributed by atoms with Crippen LogP contribution in [0.15, 0.2) is 65.7 Å². The third-order valence-electron chi connectivity index (χ3n) is 4.93. The number of esters is 1. The summed E-state index contributed by atoms with van der Waals surface area (Å²) in [4.78, 5) is 27.3. The summed E-state index contributed by atoms with van der Waals surface area (Å²) < 4.78 is 73.6. The molecule has 0 saturated carbocycles. The van der Waals surface area contributed by atoms with Gasteiger partial charge in [0.15, 0.2) is 9.84 Å². The molecule has 0 bridgehead atoms. The fraction of sp³-hybridized carbons (Fsp3) is 0.208. The number of hydrogen-bond donors (Lipinski definition) is 1. The highest BCUT2D eigenvalue weighted by molar-refractivity contribution is 7.91. The number of rotatable bonds is 9. The molecule has 0 fully saturated rings. The standard InChI is InChI=1S/C24H21F3N2O5S/c1-2-34-22(30)11-12-28-24(31)21-10-3-15(14-29-21)23(19-13-17(26)6-9-20(19)27)35(32,33)18-7-4-16(25)5-8-18/h3-10,13-14,23H,2,11-12H2,1H3,(H,28,31). The van der Waals surface area contributed by atoms with E-state index in [-0.39, 0.29) is 35.7 Å². The lowest BCUT2D eigenvalue weighted by Crippen LogP contribution is -2.27. The van der Waals surface area contributed by atoms with E-state index in [0.717, 1.165) is 48.7 Å². The van der Waals surface area contributed by atoms with E-state index >= 15 is 0 Å². The van der Waals surface area contributed by atoms with E-state index in [1.165, 1.54) is 12.1 Å². The van der Waals surface area contributed by atoms with Gasteiger partial charge in [-0.25, -0.2) is 21.6 Å². The van der Waals surface area contributed by atoms with Gasteiger partial charge in [0.05, 0.1) is 17.9 Å². The molecular weight excluding hydrogens is 485 g/mol. The van der Waals surface area contributed by atoms with Crippen molar-refractivity contribution in [2.24, 2.45) is 0 Å². The van der Waals surface area contributed by atoms with E-state index in [2.05, 4.69) is 10.3 Å². The van der Waals surface area contributed by atoms with Crippen LogP contribution in [-0.2, 0) is 19.4 Å². The Labute approximate surface area is 199 Å². The molecular formula is C24H21F3N2O5S. The summed E-state index contributed by atoms with van der Waals surface area (Å²) in [5, 5.41) is 0.756. The molecule has 1 unspecified atom stereocenters. The topological polar surface area (TPSA) is 102 Å². The second-order valence-electron chi connectivity index (χ2n) is 7.33. The Bertz CT molecular complexity index is 1310. The predicted molar refractivity (Wildman–Crippen MR) is 120 cm³/mol. The average Bonchev–Trinajstić information content (AvgIpc) is 2.82. The van der Waals surface area contributed by atoms with Gasteiger partial charge in [-0.15, -0.1) is 0 Å². The summed E-state index contributed by atoms with van der Waals surface area (Å²) in [5.41, 5.74) is -0.597. The minimum Gasteiger partial charge on any atom is -0.466 e. The van der Waals surface area contributed by atoms with E-state index in [9.17, 15) is 31.2 Å². The number of ether oxygens (including phenoxy) is 1. The smallest absolute Gasteiger partial charge is 0.307 e. The maximum absolute atomic E-state index is 14.7. The van der Waals surface area contributed by atoms with Crippen molar-refractivity contribution in [3.8, 4) is 0 Å². The Morgan fingerprint density at radius 3 is 2.31 bits per heavy atom. The molecule has 11 heteroatoms. The van der Waals surface area contributed by atoms with Crippen LogP contribution < -0.4 is 5.32 Å². The Kier molecular flexibility index (Phi) is 8.23. The molecule has 35 heavy (non-hydrogen) atoms. The predicted octanol–water partition coefficient (Wildman–Crippen LogP) is 3.75. The first kappa shape index (κ1) is 25.9. The molecule has 7 nitrogen and oxygen atoms in total. The Morgan fingerprint density at radius 2 is 1.69 bits per heavy atom. The molecule has 1 aromatic heterocycles. The quantitative estimate of drug-likeness (QED) is 0.350. The SMILES string of the molecule is CCOC(=O)CCNC(=O)c1ccc(C(c2cc(F)ccc2F)S(=O)(=O)c2ccc(F)cc2)cn1. The molecule has 0 radical (unpaired) electrons. The van der Waals surface area contributed by atoms with E-state index < -0.39 is 50.0 Å². The summed E-state index contributed by atoms with van der Waals surface area (Å²) >= 11 is 0. The number of carbonyl (C=O) groups excluding carboxylic acids is 2. The van der Waals surface area contributed by atoms with Gasteiger partial charge in [0.1, 0.15) is 28.4 Å². The van der Waals surface area contributed by atoms with Crippen LogP contribution in [0.3, 0.4) is 0 Å². The van der Waals surface area contributed by atoms with Gasteiger partial charge in [-0.05, 0) is 61.0 Å². The van der Waals surface area contributed by atoms with Gasteiger partial charge in [-0.3, -0.25) is 14.6 Å². The van der Waals surface area contributed by atoms with Crippen molar-refractivity contribution in [3.63, 3.8) is 0 Å². The van der Waals surface area contributed by atoms with Gasteiger partial charge in [-0.2, -0.15) is 0 Å². The summed E-state index contributed by atoms with van der Waals surface area (Å²) in [7, 11) is -4.39. The number of aromatic nitrogens is 1. The third kappa shape index (κ3) is 6.24. The maximum atomic E-state index is 14.7. The fourth-order valence-corrected chi connectivity index (χ4v) is 5.10. The van der Waals surface area contributed by atoms with Crippen LogP contribution in [0.1, 0.15) is 40.2 Å². The minimum absolute atomic E-state index is 0.00280. The Hall–Kier alpha value is -3.73. The Morgan fingerprint density at radius 1 is 1.00 bits per heavy atom. The zero-order chi connectivity index (χ0) is 25.6. The number of carbonyl (C=O) groups is 2. The number of nitrogens with zero attached hydrogens (tertiary/aromatic N) is 1. The zero-order valence-electron chi connectivity index (χ0n) is 18.5. The second-order valence-corrected chi connectivity index (χ2v) is 9.37. The number of nitrogens with one attached hydrogen (secondary N) is 1. The molecule has 1 atom stereocenters. The number of pyridine rings is 1. The molecule has 1 heterocycles. The van der Waals surface area contributed by atoms with Crippen molar-refractivity contribution in [2.45, 2.75) is 23.5 Å². The number of sulfone groups is 1. The fourth-order valence-electron chi connectivity index (χ4n) is 3.30. The van der Waals surface area contributed by atoms with Crippen LogP contribution in [0, 0.1) is 17.5 Å². The van der Waals surface area contributed by atoms with Crippen molar-refractivity contribution in [1.29, 1.82) is 0 Å². The van der Waals surface area contributed by atoms with Gasteiger partial charge in [0.2, 0.25) is 0 Å². The van der Waals surface area contributed by atoms with Crippen LogP contribution in [0.4, 0.5) is 13.2 Å². The lowest BCUT2D eigenvalue weighted by Gasteiger charge is -2.19. The number of halogens is 3. The molecule has 1 amide bonds. The normalized spacial score (nSPS) is 12.1. The summed E-state index contributed by atoms with van der Waals surface area (Å²) in [6.45, 7) is 1.86. The summed E-state index contributed by atoms with van der Waals surface area (Å²) in [5.74, 6) is -3.61.